The number of nitrogens with zero attached hydrogens (tertiary/aromatic N) is 2. The third-order valence-electron chi connectivity index (χ3n) is 5.41. The van der Waals surface area contributed by atoms with Crippen LogP contribution < -0.4 is 24.4 Å². The molecule has 1 aliphatic heterocycles. The van der Waals surface area contributed by atoms with Crippen LogP contribution in [0.4, 0.5) is 0 Å². The second-order valence-electron chi connectivity index (χ2n) is 7.48. The standard InChI is InChI=1S/C25H24N2O6S/c1-5-33-24(30)20-14(2)26-25-27(21(20)17-10-7-11-18(31-3)22(17)32-4)23(29)19(34-25)13-15-8-6-9-16(28)12-15/h6-13,21,28H,5H2,1-4H3. The average Bonchev–Trinajstić information content (AvgIpc) is 3.12. The van der Waals surface area contributed by atoms with Gasteiger partial charge in [-0.3, -0.25) is 9.36 Å². The maximum absolute atomic E-state index is 13.6. The van der Waals surface area contributed by atoms with E-state index in [4.69, 9.17) is 14.2 Å². The zero-order chi connectivity index (χ0) is 24.4. The van der Waals surface area contributed by atoms with Gasteiger partial charge in [0, 0.05) is 5.56 Å². The van der Waals surface area contributed by atoms with Gasteiger partial charge in [0.25, 0.3) is 5.56 Å². The number of phenols is 1. The third kappa shape index (κ3) is 4.10. The number of hydrogen-bond acceptors (Lipinski definition) is 8. The molecule has 2 heterocycles. The van der Waals surface area contributed by atoms with E-state index in [1.807, 2.05) is 0 Å². The van der Waals surface area contributed by atoms with Gasteiger partial charge in [-0.2, -0.15) is 0 Å². The monoisotopic (exact) mass is 480 g/mol. The Kier molecular flexibility index (Phi) is 6.56. The summed E-state index contributed by atoms with van der Waals surface area (Å²) in [6.45, 7) is 3.62. The van der Waals surface area contributed by atoms with Crippen LogP contribution in [0.25, 0.3) is 6.08 Å². The van der Waals surface area contributed by atoms with E-state index in [0.29, 0.717) is 37.7 Å². The zero-order valence-corrected chi connectivity index (χ0v) is 20.0. The predicted molar refractivity (Wildman–Crippen MR) is 128 cm³/mol. The number of aromatic nitrogens is 1. The molecule has 2 aromatic carbocycles. The molecule has 1 atom stereocenters. The number of methoxy groups -OCH3 is 2. The van der Waals surface area contributed by atoms with Crippen molar-refractivity contribution in [2.24, 2.45) is 4.99 Å². The highest BCUT2D eigenvalue weighted by Gasteiger charge is 2.35. The van der Waals surface area contributed by atoms with Crippen LogP contribution in [0.15, 0.2) is 63.5 Å². The molecular weight excluding hydrogens is 456 g/mol. The predicted octanol–water partition coefficient (Wildman–Crippen LogP) is 2.52. The fourth-order valence-corrected chi connectivity index (χ4v) is 5.03. The average molecular weight is 481 g/mol. The minimum atomic E-state index is -0.827. The largest absolute Gasteiger partial charge is 0.508 e. The summed E-state index contributed by atoms with van der Waals surface area (Å²) in [5.41, 5.74) is 1.63. The van der Waals surface area contributed by atoms with E-state index in [2.05, 4.69) is 4.99 Å². The summed E-state index contributed by atoms with van der Waals surface area (Å²) in [4.78, 5) is 31.7. The van der Waals surface area contributed by atoms with E-state index >= 15 is 0 Å². The molecule has 0 radical (unpaired) electrons. The lowest BCUT2D eigenvalue weighted by Gasteiger charge is -2.26. The first-order valence-corrected chi connectivity index (χ1v) is 11.4. The summed E-state index contributed by atoms with van der Waals surface area (Å²) < 4.78 is 18.3. The lowest BCUT2D eigenvalue weighted by molar-refractivity contribution is -0.139. The van der Waals surface area contributed by atoms with Crippen molar-refractivity contribution in [2.45, 2.75) is 19.9 Å². The first-order chi connectivity index (χ1) is 16.4. The van der Waals surface area contributed by atoms with Crippen LogP contribution in [0, 0.1) is 0 Å². The maximum Gasteiger partial charge on any atom is 0.338 e. The number of fused-ring (bicyclic) bond motifs is 1. The lowest BCUT2D eigenvalue weighted by Crippen LogP contribution is -2.40. The topological polar surface area (TPSA) is 99.4 Å². The highest BCUT2D eigenvalue weighted by Crippen LogP contribution is 2.40. The van der Waals surface area contributed by atoms with Crippen LogP contribution in [0.3, 0.4) is 0 Å². The van der Waals surface area contributed by atoms with Gasteiger partial charge >= 0.3 is 5.97 Å². The van der Waals surface area contributed by atoms with E-state index in [9.17, 15) is 14.7 Å². The van der Waals surface area contributed by atoms with Crippen molar-refractivity contribution in [3.63, 3.8) is 0 Å². The van der Waals surface area contributed by atoms with Gasteiger partial charge in [0.05, 0.1) is 36.6 Å². The van der Waals surface area contributed by atoms with Crippen molar-refractivity contribution in [3.05, 3.63) is 84.5 Å². The van der Waals surface area contributed by atoms with Crippen molar-refractivity contribution in [1.29, 1.82) is 0 Å². The number of aromatic hydroxyl groups is 1. The zero-order valence-electron chi connectivity index (χ0n) is 19.2. The van der Waals surface area contributed by atoms with Crippen molar-refractivity contribution in [1.82, 2.24) is 4.57 Å². The van der Waals surface area contributed by atoms with Gasteiger partial charge in [0.1, 0.15) is 11.8 Å². The number of carbonyl (C=O) groups excluding carboxylic acids is 1. The molecule has 8 nitrogen and oxygen atoms in total. The molecule has 1 unspecified atom stereocenters. The molecule has 9 heteroatoms. The van der Waals surface area contributed by atoms with Gasteiger partial charge in [0.2, 0.25) is 0 Å². The number of ether oxygens (including phenoxy) is 3. The first kappa shape index (κ1) is 23.3. The number of esters is 1. The highest BCUT2D eigenvalue weighted by molar-refractivity contribution is 7.07. The second kappa shape index (κ2) is 9.56. The Balaban J connectivity index is 2.02. The van der Waals surface area contributed by atoms with E-state index in [1.54, 1.807) is 62.4 Å². The first-order valence-electron chi connectivity index (χ1n) is 10.6. The summed E-state index contributed by atoms with van der Waals surface area (Å²) in [6, 6.07) is 11.1. The molecule has 1 N–H and O–H groups in total. The second-order valence-corrected chi connectivity index (χ2v) is 8.49. The molecule has 0 amide bonds. The third-order valence-corrected chi connectivity index (χ3v) is 6.40. The molecule has 4 rings (SSSR count). The Morgan fingerprint density at radius 1 is 1.21 bits per heavy atom. The van der Waals surface area contributed by atoms with Crippen LogP contribution in [0.2, 0.25) is 0 Å². The Morgan fingerprint density at radius 2 is 1.97 bits per heavy atom. The van der Waals surface area contributed by atoms with E-state index in [-0.39, 0.29) is 23.5 Å². The van der Waals surface area contributed by atoms with Gasteiger partial charge in [-0.25, -0.2) is 9.79 Å². The molecule has 1 aliphatic rings. The number of benzene rings is 2. The van der Waals surface area contributed by atoms with E-state index in [1.165, 1.54) is 30.1 Å². The number of hydrogen-bond donors (Lipinski definition) is 1. The Hall–Kier alpha value is -3.85. The number of allylic oxidation sites excluding steroid dienone is 1. The van der Waals surface area contributed by atoms with Crippen molar-refractivity contribution >= 4 is 23.4 Å². The number of thiazole rings is 1. The Labute approximate surface area is 199 Å². The minimum Gasteiger partial charge on any atom is -0.508 e. The van der Waals surface area contributed by atoms with Crippen LogP contribution >= 0.6 is 11.3 Å². The summed E-state index contributed by atoms with van der Waals surface area (Å²) in [6.07, 6.45) is 1.69. The number of para-hydroxylation sites is 1. The molecule has 1 aromatic heterocycles. The van der Waals surface area contributed by atoms with Crippen LogP contribution in [0.1, 0.15) is 31.0 Å². The molecule has 0 spiro atoms. The summed E-state index contributed by atoms with van der Waals surface area (Å²) in [5, 5.41) is 9.80. The maximum atomic E-state index is 13.6. The summed E-state index contributed by atoms with van der Waals surface area (Å²) in [5.74, 6) is 0.427. The van der Waals surface area contributed by atoms with Gasteiger partial charge in [-0.15, -0.1) is 0 Å². The summed E-state index contributed by atoms with van der Waals surface area (Å²) in [7, 11) is 3.03. The molecular formula is C25H24N2O6S. The molecule has 0 aliphatic carbocycles. The molecule has 0 saturated heterocycles. The fraction of sp³-hybridized carbons (Fsp3) is 0.240. The highest BCUT2D eigenvalue weighted by atomic mass is 32.1. The molecule has 0 fully saturated rings. The smallest absolute Gasteiger partial charge is 0.338 e. The van der Waals surface area contributed by atoms with Gasteiger partial charge < -0.3 is 19.3 Å². The molecule has 0 saturated carbocycles. The fourth-order valence-electron chi connectivity index (χ4n) is 3.98. The number of rotatable bonds is 6. The minimum absolute atomic E-state index is 0.0981. The van der Waals surface area contributed by atoms with Gasteiger partial charge in [0.15, 0.2) is 16.3 Å². The molecule has 176 valence electrons. The molecule has 0 bridgehead atoms. The lowest BCUT2D eigenvalue weighted by atomic mass is 9.94. The quantitative estimate of drug-likeness (QED) is 0.545. The van der Waals surface area contributed by atoms with Crippen molar-refractivity contribution in [3.8, 4) is 17.2 Å². The Bertz CT molecular complexity index is 1470. The molecule has 3 aromatic rings. The SMILES string of the molecule is CCOC(=O)C1=C(C)N=c2sc(=Cc3cccc(O)c3)c(=O)n2C1c1cccc(OC)c1OC. The van der Waals surface area contributed by atoms with Crippen LogP contribution in [-0.2, 0) is 9.53 Å². The van der Waals surface area contributed by atoms with Crippen LogP contribution in [-0.4, -0.2) is 36.5 Å². The Morgan fingerprint density at radius 3 is 2.65 bits per heavy atom. The summed E-state index contributed by atoms with van der Waals surface area (Å²) >= 11 is 1.20. The van der Waals surface area contributed by atoms with Gasteiger partial charge in [-0.05, 0) is 43.7 Å². The van der Waals surface area contributed by atoms with Crippen molar-refractivity contribution < 1.29 is 24.1 Å². The number of phenolic OH excluding ortho intramolecular Hbond substituents is 1. The van der Waals surface area contributed by atoms with Gasteiger partial charge in [-0.1, -0.05) is 35.6 Å². The van der Waals surface area contributed by atoms with Crippen molar-refractivity contribution in [2.75, 3.05) is 20.8 Å². The van der Waals surface area contributed by atoms with Crippen LogP contribution in [0.5, 0.6) is 17.2 Å². The van der Waals surface area contributed by atoms with E-state index in [0.717, 1.165) is 0 Å². The normalized spacial score (nSPS) is 15.5. The number of carbonyl (C=O) groups is 1. The molecule has 34 heavy (non-hydrogen) atoms. The van der Waals surface area contributed by atoms with E-state index < -0.39 is 12.0 Å².